The molecule has 0 aliphatic heterocycles. The molecule has 0 spiro atoms. The molecule has 0 atom stereocenters. The van der Waals surface area contributed by atoms with Gasteiger partial charge in [-0.25, -0.2) is 9.37 Å². The van der Waals surface area contributed by atoms with Crippen molar-refractivity contribution in [1.82, 2.24) is 14.9 Å². The van der Waals surface area contributed by atoms with Crippen LogP contribution >= 0.6 is 11.3 Å². The Balaban J connectivity index is 1.55. The van der Waals surface area contributed by atoms with Crippen molar-refractivity contribution in [3.63, 3.8) is 0 Å². The number of ketones is 1. The van der Waals surface area contributed by atoms with Crippen LogP contribution in [0, 0.1) is 12.7 Å². The van der Waals surface area contributed by atoms with Crippen molar-refractivity contribution in [1.29, 1.82) is 0 Å². The second-order valence-corrected chi connectivity index (χ2v) is 8.25. The number of nitrogens with one attached hydrogen (secondary N) is 1. The van der Waals surface area contributed by atoms with Crippen LogP contribution in [0.5, 0.6) is 11.5 Å². The molecule has 0 fully saturated rings. The molecule has 0 radical (unpaired) electrons. The lowest BCUT2D eigenvalue weighted by Crippen LogP contribution is -2.30. The number of thiophene rings is 1. The van der Waals surface area contributed by atoms with Gasteiger partial charge in [-0.15, -0.1) is 11.3 Å². The normalized spacial score (nSPS) is 10.9. The van der Waals surface area contributed by atoms with E-state index < -0.39 is 5.91 Å². The standard InChI is InChI=1S/C24H22FN3O4S/c1-13-21(16-12-33-22-15(16)6-5-7-17(22)25)27-23(28(13)2)18(29)11-26-24(30)14-8-9-19(31-3)20(10-14)32-4/h5-10,12H,11H2,1-4H3,(H,26,30). The van der Waals surface area contributed by atoms with Crippen LogP contribution in [0.25, 0.3) is 21.3 Å². The van der Waals surface area contributed by atoms with E-state index in [9.17, 15) is 14.0 Å². The minimum absolute atomic E-state index is 0.214. The number of hydrogen-bond acceptors (Lipinski definition) is 6. The fourth-order valence-electron chi connectivity index (χ4n) is 3.61. The average Bonchev–Trinajstić information content (AvgIpc) is 3.38. The summed E-state index contributed by atoms with van der Waals surface area (Å²) in [6, 6.07) is 9.67. The van der Waals surface area contributed by atoms with Gasteiger partial charge in [0.15, 0.2) is 17.3 Å². The van der Waals surface area contributed by atoms with Crippen LogP contribution < -0.4 is 14.8 Å². The molecule has 0 saturated heterocycles. The first kappa shape index (κ1) is 22.5. The maximum atomic E-state index is 14.1. The number of nitrogens with zero attached hydrogens (tertiary/aromatic N) is 2. The molecule has 0 bridgehead atoms. The largest absolute Gasteiger partial charge is 0.493 e. The highest BCUT2D eigenvalue weighted by Gasteiger charge is 2.22. The number of benzene rings is 2. The number of halogens is 1. The van der Waals surface area contributed by atoms with Crippen molar-refractivity contribution in [2.24, 2.45) is 7.05 Å². The molecule has 0 aliphatic carbocycles. The first-order chi connectivity index (χ1) is 15.8. The fourth-order valence-corrected chi connectivity index (χ4v) is 4.57. The van der Waals surface area contributed by atoms with E-state index in [4.69, 9.17) is 9.47 Å². The molecular formula is C24H22FN3O4S. The molecule has 0 saturated carbocycles. The summed E-state index contributed by atoms with van der Waals surface area (Å²) in [7, 11) is 4.73. The van der Waals surface area contributed by atoms with Gasteiger partial charge in [0.05, 0.1) is 31.2 Å². The van der Waals surface area contributed by atoms with Gasteiger partial charge in [-0.3, -0.25) is 9.59 Å². The van der Waals surface area contributed by atoms with E-state index in [0.29, 0.717) is 27.5 Å². The number of hydrogen-bond donors (Lipinski definition) is 1. The van der Waals surface area contributed by atoms with E-state index in [-0.39, 0.29) is 24.0 Å². The summed E-state index contributed by atoms with van der Waals surface area (Å²) in [5.74, 6) is 0.0841. The van der Waals surface area contributed by atoms with Gasteiger partial charge in [-0.2, -0.15) is 0 Å². The Bertz CT molecular complexity index is 1380. The van der Waals surface area contributed by atoms with Gasteiger partial charge in [0.25, 0.3) is 5.91 Å². The number of methoxy groups -OCH3 is 2. The minimum Gasteiger partial charge on any atom is -0.493 e. The second-order valence-electron chi connectivity index (χ2n) is 7.37. The summed E-state index contributed by atoms with van der Waals surface area (Å²) in [5, 5.41) is 5.22. The topological polar surface area (TPSA) is 82.5 Å². The zero-order valence-electron chi connectivity index (χ0n) is 18.6. The summed E-state index contributed by atoms with van der Waals surface area (Å²) < 4.78 is 26.7. The Morgan fingerprint density at radius 3 is 2.64 bits per heavy atom. The van der Waals surface area contributed by atoms with Crippen LogP contribution in [-0.4, -0.2) is 42.0 Å². The number of carbonyl (C=O) groups is 2. The molecule has 0 unspecified atom stereocenters. The number of carbonyl (C=O) groups excluding carboxylic acids is 2. The number of amides is 1. The fraction of sp³-hybridized carbons (Fsp3) is 0.208. The van der Waals surface area contributed by atoms with Crippen LogP contribution in [0.1, 0.15) is 26.7 Å². The minimum atomic E-state index is -0.422. The first-order valence-corrected chi connectivity index (χ1v) is 11.0. The molecule has 2 heterocycles. The lowest BCUT2D eigenvalue weighted by atomic mass is 10.1. The van der Waals surface area contributed by atoms with Gasteiger partial charge >= 0.3 is 0 Å². The number of aromatic nitrogens is 2. The average molecular weight is 468 g/mol. The predicted octanol–water partition coefficient (Wildman–Crippen LogP) is 4.38. The first-order valence-electron chi connectivity index (χ1n) is 10.1. The lowest BCUT2D eigenvalue weighted by molar-refractivity contribution is 0.0898. The molecule has 170 valence electrons. The second kappa shape index (κ2) is 9.03. The van der Waals surface area contributed by atoms with Gasteiger partial charge in [0.2, 0.25) is 5.78 Å². The SMILES string of the molecule is COc1ccc(C(=O)NCC(=O)c2nc(-c3csc4c(F)cccc34)c(C)n2C)cc1OC. The van der Waals surface area contributed by atoms with E-state index in [1.807, 2.05) is 18.4 Å². The molecule has 1 N–H and O–H groups in total. The summed E-state index contributed by atoms with van der Waals surface area (Å²) in [4.78, 5) is 30.0. The summed E-state index contributed by atoms with van der Waals surface area (Å²) in [6.07, 6.45) is 0. The monoisotopic (exact) mass is 467 g/mol. The van der Waals surface area contributed by atoms with E-state index in [1.165, 1.54) is 31.6 Å². The van der Waals surface area contributed by atoms with Gasteiger partial charge < -0.3 is 19.4 Å². The number of fused-ring (bicyclic) bond motifs is 1. The molecule has 1 amide bonds. The lowest BCUT2D eigenvalue weighted by Gasteiger charge is -2.10. The Hall–Kier alpha value is -3.72. The van der Waals surface area contributed by atoms with Crippen molar-refractivity contribution < 1.29 is 23.5 Å². The molecule has 33 heavy (non-hydrogen) atoms. The van der Waals surface area contributed by atoms with Crippen molar-refractivity contribution in [3.8, 4) is 22.8 Å². The van der Waals surface area contributed by atoms with Crippen LogP contribution in [-0.2, 0) is 7.05 Å². The third kappa shape index (κ3) is 4.07. The summed E-state index contributed by atoms with van der Waals surface area (Å²) >= 11 is 1.30. The van der Waals surface area contributed by atoms with E-state index in [1.54, 1.807) is 35.9 Å². The maximum absolute atomic E-state index is 14.1. The van der Waals surface area contributed by atoms with Crippen LogP contribution in [0.2, 0.25) is 0 Å². The molecule has 0 aliphatic rings. The van der Waals surface area contributed by atoms with Crippen LogP contribution in [0.15, 0.2) is 41.8 Å². The highest BCUT2D eigenvalue weighted by Crippen LogP contribution is 2.36. The van der Waals surface area contributed by atoms with Crippen molar-refractivity contribution in [2.45, 2.75) is 6.92 Å². The van der Waals surface area contributed by atoms with E-state index >= 15 is 0 Å². The Labute approximate surface area is 193 Å². The Morgan fingerprint density at radius 1 is 1.15 bits per heavy atom. The Morgan fingerprint density at radius 2 is 1.91 bits per heavy atom. The quantitative estimate of drug-likeness (QED) is 0.408. The van der Waals surface area contributed by atoms with Crippen LogP contribution in [0.3, 0.4) is 0 Å². The van der Waals surface area contributed by atoms with Gasteiger partial charge in [-0.05, 0) is 31.2 Å². The summed E-state index contributed by atoms with van der Waals surface area (Å²) in [5.41, 5.74) is 2.50. The highest BCUT2D eigenvalue weighted by molar-refractivity contribution is 7.17. The zero-order valence-corrected chi connectivity index (χ0v) is 19.4. The zero-order chi connectivity index (χ0) is 23.7. The molecular weight excluding hydrogens is 445 g/mol. The van der Waals surface area contributed by atoms with Gasteiger partial charge in [-0.1, -0.05) is 12.1 Å². The molecule has 2 aromatic heterocycles. The van der Waals surface area contributed by atoms with E-state index in [2.05, 4.69) is 10.3 Å². The molecule has 7 nitrogen and oxygen atoms in total. The van der Waals surface area contributed by atoms with Gasteiger partial charge in [0.1, 0.15) is 5.82 Å². The van der Waals surface area contributed by atoms with Crippen molar-refractivity contribution in [2.75, 3.05) is 20.8 Å². The molecule has 9 heteroatoms. The predicted molar refractivity (Wildman–Crippen MR) is 125 cm³/mol. The van der Waals surface area contributed by atoms with Crippen molar-refractivity contribution >= 4 is 33.1 Å². The van der Waals surface area contributed by atoms with Crippen LogP contribution in [0.4, 0.5) is 4.39 Å². The number of rotatable bonds is 7. The number of imidazole rings is 1. The summed E-state index contributed by atoms with van der Waals surface area (Å²) in [6.45, 7) is 1.63. The Kier molecular flexibility index (Phi) is 6.15. The third-order valence-corrected chi connectivity index (χ3v) is 6.50. The van der Waals surface area contributed by atoms with E-state index in [0.717, 1.165) is 16.6 Å². The van der Waals surface area contributed by atoms with Crippen molar-refractivity contribution in [3.05, 3.63) is 64.7 Å². The smallest absolute Gasteiger partial charge is 0.251 e. The number of ether oxygens (including phenoxy) is 2. The highest BCUT2D eigenvalue weighted by atomic mass is 32.1. The number of Topliss-reactive ketones (excluding diaryl/α,β-unsaturated/α-hetero) is 1. The molecule has 4 aromatic rings. The maximum Gasteiger partial charge on any atom is 0.251 e. The molecule has 4 rings (SSSR count). The molecule has 2 aromatic carbocycles. The van der Waals surface area contributed by atoms with Gasteiger partial charge in [0, 0.05) is 34.6 Å². The third-order valence-electron chi connectivity index (χ3n) is 5.49.